The lowest BCUT2D eigenvalue weighted by molar-refractivity contribution is -0.127. The molecule has 1 fully saturated rings. The molecule has 16 heavy (non-hydrogen) atoms. The molecule has 1 heterocycles. The van der Waals surface area contributed by atoms with Gasteiger partial charge in [0, 0.05) is 38.7 Å². The van der Waals surface area contributed by atoms with Gasteiger partial charge in [0.2, 0.25) is 5.91 Å². The predicted octanol–water partition coefficient (Wildman–Crippen LogP) is 0.676. The summed E-state index contributed by atoms with van der Waals surface area (Å²) in [5.74, 6) is 1.36. The molecule has 1 aliphatic heterocycles. The molecule has 0 aromatic carbocycles. The van der Waals surface area contributed by atoms with Crippen molar-refractivity contribution in [3.8, 4) is 0 Å². The number of likely N-dealkylation sites (tertiary alicyclic amines) is 1. The average molecular weight is 244 g/mol. The Kier molecular flexibility index (Phi) is 5.28. The topological polar surface area (TPSA) is 40.6 Å². The van der Waals surface area contributed by atoms with Crippen molar-refractivity contribution in [2.24, 2.45) is 5.92 Å². The quantitative estimate of drug-likeness (QED) is 0.713. The third kappa shape index (κ3) is 4.53. The molecule has 0 spiro atoms. The number of hydrogen-bond donors (Lipinski definition) is 0. The van der Waals surface area contributed by atoms with E-state index in [2.05, 4.69) is 4.90 Å². The van der Waals surface area contributed by atoms with Crippen molar-refractivity contribution in [2.45, 2.75) is 13.3 Å². The van der Waals surface area contributed by atoms with Gasteiger partial charge in [-0.1, -0.05) is 11.8 Å². The number of thioether (sulfide) groups is 1. The van der Waals surface area contributed by atoms with Crippen LogP contribution in [0, 0.1) is 5.92 Å². The SMILES string of the molecule is CC(=O)SCC1CC(=O)N(CCN(C)C)C1. The molecule has 1 saturated heterocycles. The van der Waals surface area contributed by atoms with Crippen molar-refractivity contribution < 1.29 is 9.59 Å². The normalized spacial score (nSPS) is 20.9. The van der Waals surface area contributed by atoms with E-state index in [1.807, 2.05) is 19.0 Å². The summed E-state index contributed by atoms with van der Waals surface area (Å²) in [6.07, 6.45) is 0.605. The molecule has 0 aromatic heterocycles. The summed E-state index contributed by atoms with van der Waals surface area (Å²) in [5, 5.41) is 0.138. The zero-order valence-corrected chi connectivity index (χ0v) is 11.0. The fraction of sp³-hybridized carbons (Fsp3) is 0.818. The van der Waals surface area contributed by atoms with E-state index in [4.69, 9.17) is 0 Å². The molecule has 1 unspecified atom stereocenters. The van der Waals surface area contributed by atoms with E-state index in [1.165, 1.54) is 11.8 Å². The summed E-state index contributed by atoms with van der Waals surface area (Å²) in [6, 6.07) is 0. The average Bonchev–Trinajstić information content (AvgIpc) is 2.53. The zero-order chi connectivity index (χ0) is 12.1. The molecular formula is C11H20N2O2S. The third-order valence-corrected chi connectivity index (χ3v) is 3.68. The number of rotatable bonds is 5. The van der Waals surface area contributed by atoms with Gasteiger partial charge in [0.1, 0.15) is 0 Å². The summed E-state index contributed by atoms with van der Waals surface area (Å²) in [4.78, 5) is 26.5. The van der Waals surface area contributed by atoms with Gasteiger partial charge in [-0.2, -0.15) is 0 Å². The van der Waals surface area contributed by atoms with Crippen LogP contribution in [0.3, 0.4) is 0 Å². The Morgan fingerprint density at radius 1 is 1.56 bits per heavy atom. The fourth-order valence-electron chi connectivity index (χ4n) is 1.74. The summed E-state index contributed by atoms with van der Waals surface area (Å²) in [6.45, 7) is 4.09. The molecule has 0 aliphatic carbocycles. The maximum Gasteiger partial charge on any atom is 0.222 e. The largest absolute Gasteiger partial charge is 0.341 e. The first-order valence-corrected chi connectivity index (χ1v) is 6.53. The molecule has 0 N–H and O–H groups in total. The standard InChI is InChI=1S/C11H20N2O2S/c1-9(14)16-8-10-6-11(15)13(7-10)5-4-12(2)3/h10H,4-8H2,1-3H3. The molecule has 1 atom stereocenters. The Balaban J connectivity index is 2.29. The lowest BCUT2D eigenvalue weighted by atomic mass is 10.1. The van der Waals surface area contributed by atoms with Crippen LogP contribution < -0.4 is 0 Å². The summed E-state index contributed by atoms with van der Waals surface area (Å²) >= 11 is 1.33. The van der Waals surface area contributed by atoms with Gasteiger partial charge in [-0.05, 0) is 20.0 Å². The molecule has 1 rings (SSSR count). The second-order valence-corrected chi connectivity index (χ2v) is 5.71. The van der Waals surface area contributed by atoms with Crippen molar-refractivity contribution in [1.82, 2.24) is 9.80 Å². The Morgan fingerprint density at radius 2 is 2.25 bits per heavy atom. The minimum absolute atomic E-state index is 0.138. The van der Waals surface area contributed by atoms with Crippen LogP contribution in [0.2, 0.25) is 0 Å². The summed E-state index contributed by atoms with van der Waals surface area (Å²) in [7, 11) is 4.01. The van der Waals surface area contributed by atoms with Gasteiger partial charge >= 0.3 is 0 Å². The minimum Gasteiger partial charge on any atom is -0.341 e. The second-order valence-electron chi connectivity index (χ2n) is 4.52. The van der Waals surface area contributed by atoms with Crippen molar-refractivity contribution in [3.63, 3.8) is 0 Å². The lowest BCUT2D eigenvalue weighted by Gasteiger charge is -2.19. The Labute approximate surface area is 101 Å². The first-order chi connectivity index (χ1) is 7.49. The van der Waals surface area contributed by atoms with Gasteiger partial charge in [0.05, 0.1) is 0 Å². The summed E-state index contributed by atoms with van der Waals surface area (Å²) < 4.78 is 0. The van der Waals surface area contributed by atoms with Crippen LogP contribution >= 0.6 is 11.8 Å². The van der Waals surface area contributed by atoms with Crippen LogP contribution in [0.15, 0.2) is 0 Å². The van der Waals surface area contributed by atoms with Gasteiger partial charge < -0.3 is 9.80 Å². The van der Waals surface area contributed by atoms with E-state index in [-0.39, 0.29) is 11.0 Å². The maximum absolute atomic E-state index is 11.7. The fourth-order valence-corrected chi connectivity index (χ4v) is 2.43. The van der Waals surface area contributed by atoms with E-state index in [1.54, 1.807) is 6.92 Å². The molecule has 0 bridgehead atoms. The molecule has 1 amide bonds. The van der Waals surface area contributed by atoms with E-state index in [9.17, 15) is 9.59 Å². The van der Waals surface area contributed by atoms with Crippen LogP contribution in [0.5, 0.6) is 0 Å². The van der Waals surface area contributed by atoms with Crippen molar-refractivity contribution in [1.29, 1.82) is 0 Å². The van der Waals surface area contributed by atoms with Gasteiger partial charge in [-0.25, -0.2) is 0 Å². The van der Waals surface area contributed by atoms with E-state index < -0.39 is 0 Å². The predicted molar refractivity (Wildman–Crippen MR) is 66.4 cm³/mol. The van der Waals surface area contributed by atoms with Crippen molar-refractivity contribution in [3.05, 3.63) is 0 Å². The van der Waals surface area contributed by atoms with Crippen LogP contribution in [-0.2, 0) is 9.59 Å². The molecule has 0 saturated carbocycles. The third-order valence-electron chi connectivity index (χ3n) is 2.63. The van der Waals surface area contributed by atoms with Gasteiger partial charge in [-0.15, -0.1) is 0 Å². The monoisotopic (exact) mass is 244 g/mol. The highest BCUT2D eigenvalue weighted by Crippen LogP contribution is 2.21. The van der Waals surface area contributed by atoms with Crippen molar-refractivity contribution >= 4 is 22.8 Å². The van der Waals surface area contributed by atoms with E-state index >= 15 is 0 Å². The van der Waals surface area contributed by atoms with E-state index in [0.29, 0.717) is 12.3 Å². The highest BCUT2D eigenvalue weighted by Gasteiger charge is 2.29. The van der Waals surface area contributed by atoms with Crippen LogP contribution in [-0.4, -0.2) is 60.3 Å². The highest BCUT2D eigenvalue weighted by atomic mass is 32.2. The molecule has 1 aliphatic rings. The van der Waals surface area contributed by atoms with Crippen LogP contribution in [0.25, 0.3) is 0 Å². The maximum atomic E-state index is 11.7. The Morgan fingerprint density at radius 3 is 2.81 bits per heavy atom. The molecule has 5 heteroatoms. The molecule has 0 aromatic rings. The Hall–Kier alpha value is -0.550. The molecule has 0 radical (unpaired) electrons. The van der Waals surface area contributed by atoms with Crippen LogP contribution in [0.1, 0.15) is 13.3 Å². The zero-order valence-electron chi connectivity index (χ0n) is 10.2. The number of likely N-dealkylation sites (N-methyl/N-ethyl adjacent to an activating group) is 1. The minimum atomic E-state index is 0.138. The lowest BCUT2D eigenvalue weighted by Crippen LogP contribution is -2.33. The number of nitrogens with zero attached hydrogens (tertiary/aromatic N) is 2. The van der Waals surface area contributed by atoms with Crippen LogP contribution in [0.4, 0.5) is 0 Å². The number of carbonyl (C=O) groups is 2. The first-order valence-electron chi connectivity index (χ1n) is 5.55. The molecule has 4 nitrogen and oxygen atoms in total. The van der Waals surface area contributed by atoms with Gasteiger partial charge in [0.25, 0.3) is 0 Å². The summed E-state index contributed by atoms with van der Waals surface area (Å²) in [5.41, 5.74) is 0. The molecule has 92 valence electrons. The highest BCUT2D eigenvalue weighted by molar-refractivity contribution is 8.13. The second kappa shape index (κ2) is 6.25. The number of amides is 1. The van der Waals surface area contributed by atoms with Gasteiger partial charge in [0.15, 0.2) is 5.12 Å². The first kappa shape index (κ1) is 13.5. The Bertz CT molecular complexity index is 269. The molecular weight excluding hydrogens is 224 g/mol. The smallest absolute Gasteiger partial charge is 0.222 e. The number of hydrogen-bond acceptors (Lipinski definition) is 4. The van der Waals surface area contributed by atoms with Crippen molar-refractivity contribution in [2.75, 3.05) is 39.5 Å². The number of carbonyl (C=O) groups excluding carboxylic acids is 2. The van der Waals surface area contributed by atoms with E-state index in [0.717, 1.165) is 25.4 Å². The van der Waals surface area contributed by atoms with Gasteiger partial charge in [-0.3, -0.25) is 9.59 Å².